The van der Waals surface area contributed by atoms with Crippen LogP contribution in [0.5, 0.6) is 0 Å². The van der Waals surface area contributed by atoms with Gasteiger partial charge in [-0.15, -0.1) is 22.7 Å². The van der Waals surface area contributed by atoms with Gasteiger partial charge >= 0.3 is 0 Å². The minimum absolute atomic E-state index is 0.142. The Morgan fingerprint density at radius 1 is 1.35 bits per heavy atom. The molecule has 0 aromatic carbocycles. The van der Waals surface area contributed by atoms with Gasteiger partial charge in [-0.3, -0.25) is 9.48 Å². The maximum Gasteiger partial charge on any atom is 0.222 e. The molecule has 7 heteroatoms. The smallest absolute Gasteiger partial charge is 0.222 e. The zero-order chi connectivity index (χ0) is 16.1. The van der Waals surface area contributed by atoms with Crippen molar-refractivity contribution < 1.29 is 4.79 Å². The van der Waals surface area contributed by atoms with Crippen molar-refractivity contribution in [1.82, 2.24) is 19.7 Å². The average molecular weight is 346 g/mol. The summed E-state index contributed by atoms with van der Waals surface area (Å²) in [5.74, 6) is 0.142. The summed E-state index contributed by atoms with van der Waals surface area (Å²) in [5.41, 5.74) is 0.946. The fraction of sp³-hybridized carbons (Fsp3) is 0.312. The van der Waals surface area contributed by atoms with E-state index in [-0.39, 0.29) is 5.91 Å². The van der Waals surface area contributed by atoms with Crippen LogP contribution in [0.15, 0.2) is 41.4 Å². The molecule has 3 rings (SSSR count). The van der Waals surface area contributed by atoms with Crippen LogP contribution < -0.4 is 0 Å². The molecule has 0 fully saturated rings. The Morgan fingerprint density at radius 3 is 3.00 bits per heavy atom. The number of hydrogen-bond acceptors (Lipinski definition) is 5. The fourth-order valence-corrected chi connectivity index (χ4v) is 3.87. The van der Waals surface area contributed by atoms with E-state index in [0.717, 1.165) is 23.7 Å². The molecule has 0 bridgehead atoms. The van der Waals surface area contributed by atoms with Crippen LogP contribution in [0, 0.1) is 0 Å². The van der Waals surface area contributed by atoms with Crippen LogP contribution in [0.4, 0.5) is 0 Å². The molecule has 0 unspecified atom stereocenters. The molecule has 0 aliphatic rings. The van der Waals surface area contributed by atoms with Gasteiger partial charge in [0.2, 0.25) is 5.91 Å². The molecular formula is C16H18N4OS2. The Morgan fingerprint density at radius 2 is 2.26 bits per heavy atom. The molecule has 3 aromatic heterocycles. The van der Waals surface area contributed by atoms with Crippen LogP contribution in [0.3, 0.4) is 0 Å². The maximum atomic E-state index is 12.2. The Hall–Kier alpha value is -1.99. The largest absolute Gasteiger partial charge is 0.340 e. The average Bonchev–Trinajstić information content (AvgIpc) is 3.29. The molecule has 0 aliphatic carbocycles. The molecule has 120 valence electrons. The Kier molecular flexibility index (Phi) is 5.19. The summed E-state index contributed by atoms with van der Waals surface area (Å²) in [6, 6.07) is 5.98. The first-order chi connectivity index (χ1) is 11.2. The van der Waals surface area contributed by atoms with Crippen LogP contribution in [0.1, 0.15) is 18.5 Å². The van der Waals surface area contributed by atoms with Crippen molar-refractivity contribution in [1.29, 1.82) is 0 Å². The monoisotopic (exact) mass is 346 g/mol. The minimum Gasteiger partial charge on any atom is -0.340 e. The van der Waals surface area contributed by atoms with E-state index in [0.29, 0.717) is 13.0 Å². The summed E-state index contributed by atoms with van der Waals surface area (Å²) in [6.45, 7) is 1.33. The van der Waals surface area contributed by atoms with Crippen molar-refractivity contribution >= 4 is 28.6 Å². The summed E-state index contributed by atoms with van der Waals surface area (Å²) >= 11 is 3.31. The molecule has 0 atom stereocenters. The molecule has 1 amide bonds. The zero-order valence-electron chi connectivity index (χ0n) is 12.9. The van der Waals surface area contributed by atoms with Gasteiger partial charge in [-0.05, 0) is 23.9 Å². The van der Waals surface area contributed by atoms with Gasteiger partial charge in [-0.1, -0.05) is 6.07 Å². The van der Waals surface area contributed by atoms with Crippen molar-refractivity contribution in [3.63, 3.8) is 0 Å². The molecule has 0 spiro atoms. The molecule has 0 N–H and O–H groups in total. The van der Waals surface area contributed by atoms with E-state index in [9.17, 15) is 4.79 Å². The van der Waals surface area contributed by atoms with Crippen LogP contribution >= 0.6 is 22.7 Å². The lowest BCUT2D eigenvalue weighted by atomic mass is 10.2. The highest BCUT2D eigenvalue weighted by molar-refractivity contribution is 7.20. The predicted octanol–water partition coefficient (Wildman–Crippen LogP) is 3.51. The van der Waals surface area contributed by atoms with E-state index in [2.05, 4.69) is 16.1 Å². The van der Waals surface area contributed by atoms with Crippen molar-refractivity contribution in [2.75, 3.05) is 7.05 Å². The van der Waals surface area contributed by atoms with Crippen LogP contribution in [-0.4, -0.2) is 32.6 Å². The molecule has 0 saturated heterocycles. The number of carbonyl (C=O) groups is 1. The highest BCUT2D eigenvalue weighted by Gasteiger charge is 2.12. The zero-order valence-corrected chi connectivity index (χ0v) is 14.5. The Balaban J connectivity index is 1.48. The third-order valence-corrected chi connectivity index (χ3v) is 5.38. The molecule has 3 heterocycles. The van der Waals surface area contributed by atoms with Gasteiger partial charge in [-0.25, -0.2) is 4.98 Å². The van der Waals surface area contributed by atoms with E-state index in [4.69, 9.17) is 0 Å². The van der Waals surface area contributed by atoms with E-state index < -0.39 is 0 Å². The topological polar surface area (TPSA) is 51.0 Å². The van der Waals surface area contributed by atoms with Gasteiger partial charge in [0.05, 0.1) is 17.1 Å². The predicted molar refractivity (Wildman–Crippen MR) is 93.4 cm³/mol. The summed E-state index contributed by atoms with van der Waals surface area (Å²) < 4.78 is 1.85. The Labute approximate surface area is 143 Å². The summed E-state index contributed by atoms with van der Waals surface area (Å²) in [6.07, 6.45) is 4.98. The highest BCUT2D eigenvalue weighted by Crippen LogP contribution is 2.28. The number of thiophene rings is 1. The summed E-state index contributed by atoms with van der Waals surface area (Å²) in [5, 5.41) is 9.24. The number of thiazole rings is 1. The Bertz CT molecular complexity index is 734. The van der Waals surface area contributed by atoms with Gasteiger partial charge in [0.15, 0.2) is 0 Å². The lowest BCUT2D eigenvalue weighted by Gasteiger charge is -2.15. The second-order valence-electron chi connectivity index (χ2n) is 5.24. The highest BCUT2D eigenvalue weighted by atomic mass is 32.1. The molecule has 5 nitrogen and oxygen atoms in total. The number of aryl methyl sites for hydroxylation is 1. The minimum atomic E-state index is 0.142. The first kappa shape index (κ1) is 15.9. The number of amides is 1. The fourth-order valence-electron chi connectivity index (χ4n) is 2.24. The van der Waals surface area contributed by atoms with Crippen molar-refractivity contribution in [2.45, 2.75) is 25.9 Å². The van der Waals surface area contributed by atoms with E-state index in [1.54, 1.807) is 33.8 Å². The first-order valence-electron chi connectivity index (χ1n) is 7.42. The summed E-state index contributed by atoms with van der Waals surface area (Å²) in [4.78, 5) is 19.7. The SMILES string of the molecule is CN(Cc1csc(-c2cccs2)n1)C(=O)CCCn1cccn1. The van der Waals surface area contributed by atoms with Crippen LogP contribution in [0.25, 0.3) is 9.88 Å². The number of rotatable bonds is 7. The van der Waals surface area contributed by atoms with Crippen molar-refractivity contribution in [2.24, 2.45) is 0 Å². The number of hydrogen-bond donors (Lipinski definition) is 0. The van der Waals surface area contributed by atoms with Crippen LogP contribution in [-0.2, 0) is 17.9 Å². The lowest BCUT2D eigenvalue weighted by molar-refractivity contribution is -0.130. The van der Waals surface area contributed by atoms with Gasteiger partial charge in [0.1, 0.15) is 5.01 Å². The van der Waals surface area contributed by atoms with E-state index in [1.165, 1.54) is 4.88 Å². The first-order valence-corrected chi connectivity index (χ1v) is 9.18. The molecule has 3 aromatic rings. The van der Waals surface area contributed by atoms with Crippen molar-refractivity contribution in [3.8, 4) is 9.88 Å². The number of aromatic nitrogens is 3. The second-order valence-corrected chi connectivity index (χ2v) is 7.05. The van der Waals surface area contributed by atoms with Gasteiger partial charge in [0, 0.05) is 37.8 Å². The van der Waals surface area contributed by atoms with E-state index >= 15 is 0 Å². The summed E-state index contributed by atoms with van der Waals surface area (Å²) in [7, 11) is 1.83. The molecular weight excluding hydrogens is 328 g/mol. The maximum absolute atomic E-state index is 12.2. The molecule has 23 heavy (non-hydrogen) atoms. The molecule has 0 aliphatic heterocycles. The van der Waals surface area contributed by atoms with Gasteiger partial charge in [0.25, 0.3) is 0 Å². The normalized spacial score (nSPS) is 10.8. The second kappa shape index (κ2) is 7.52. The van der Waals surface area contributed by atoms with Gasteiger partial charge < -0.3 is 4.90 Å². The standard InChI is InChI=1S/C16H18N4OS2/c1-19(15(21)6-2-8-20-9-4-7-17-20)11-13-12-23-16(18-13)14-5-3-10-22-14/h3-5,7,9-10,12H,2,6,8,11H2,1H3. The quantitative estimate of drug-likeness (QED) is 0.658. The third kappa shape index (κ3) is 4.27. The van der Waals surface area contributed by atoms with Gasteiger partial charge in [-0.2, -0.15) is 5.10 Å². The van der Waals surface area contributed by atoms with Crippen molar-refractivity contribution in [3.05, 3.63) is 47.0 Å². The van der Waals surface area contributed by atoms with E-state index in [1.807, 2.05) is 40.8 Å². The van der Waals surface area contributed by atoms with Crippen LogP contribution in [0.2, 0.25) is 0 Å². The molecule has 0 radical (unpaired) electrons. The lowest BCUT2D eigenvalue weighted by Crippen LogP contribution is -2.26. The third-order valence-electron chi connectivity index (χ3n) is 3.45. The number of nitrogens with zero attached hydrogens (tertiary/aromatic N) is 4. The number of carbonyl (C=O) groups excluding carboxylic acids is 1. The molecule has 0 saturated carbocycles.